The molecule has 0 amide bonds. The van der Waals surface area contributed by atoms with Crippen LogP contribution in [-0.4, -0.2) is 20.8 Å². The van der Waals surface area contributed by atoms with Gasteiger partial charge in [-0.15, -0.1) is 0 Å². The highest BCUT2D eigenvalue weighted by molar-refractivity contribution is 7.89. The zero-order chi connectivity index (χ0) is 7.49. The molecular weight excluding hydrogens is 145 g/mol. The molecule has 0 aliphatic carbocycles. The third kappa shape index (κ3) is 5.72. The minimum atomic E-state index is -3.48. The van der Waals surface area contributed by atoms with Crippen LogP contribution in [0.15, 0.2) is 0 Å². The maximum Gasteiger partial charge on any atom is 0.209 e. The predicted molar refractivity (Wildman–Crippen MR) is 33.1 cm³/mol. The van der Waals surface area contributed by atoms with E-state index >= 15 is 0 Å². The molecule has 1 atom stereocenters. The molecule has 2 N–H and O–H groups in total. The molecule has 0 radical (unpaired) electrons. The van der Waals surface area contributed by atoms with Crippen LogP contribution in [0, 0.1) is 5.92 Å². The lowest BCUT2D eigenvalue weighted by Crippen LogP contribution is -2.22. The van der Waals surface area contributed by atoms with Crippen LogP contribution in [0.25, 0.3) is 0 Å². The van der Waals surface area contributed by atoms with Gasteiger partial charge in [-0.25, -0.2) is 13.6 Å². The van der Waals surface area contributed by atoms with E-state index in [1.807, 2.05) is 0 Å². The normalized spacial score (nSPS) is 15.4. The Morgan fingerprint density at radius 2 is 2.11 bits per heavy atom. The van der Waals surface area contributed by atoms with Crippen molar-refractivity contribution in [2.24, 2.45) is 11.1 Å². The van der Waals surface area contributed by atoms with Crippen LogP contribution in [0.4, 0.5) is 4.39 Å². The van der Waals surface area contributed by atoms with E-state index in [1.54, 1.807) is 0 Å². The average molecular weight is 155 g/mol. The summed E-state index contributed by atoms with van der Waals surface area (Å²) in [5.41, 5.74) is 0. The van der Waals surface area contributed by atoms with Gasteiger partial charge in [0.05, 0.1) is 12.4 Å². The van der Waals surface area contributed by atoms with E-state index in [0.717, 1.165) is 0 Å². The lowest BCUT2D eigenvalue weighted by Gasteiger charge is -2.01. The number of nitrogens with two attached hydrogens (primary N) is 1. The predicted octanol–water partition coefficient (Wildman–Crippen LogP) is -0.119. The zero-order valence-corrected chi connectivity index (χ0v) is 5.99. The molecule has 0 fully saturated rings. The molecule has 9 heavy (non-hydrogen) atoms. The fourth-order valence-electron chi connectivity index (χ4n) is 0.441. The van der Waals surface area contributed by atoms with Gasteiger partial charge in [-0.3, -0.25) is 4.39 Å². The van der Waals surface area contributed by atoms with Gasteiger partial charge >= 0.3 is 0 Å². The van der Waals surface area contributed by atoms with Gasteiger partial charge in [0.15, 0.2) is 0 Å². The largest absolute Gasteiger partial charge is 0.251 e. The first-order valence-electron chi connectivity index (χ1n) is 2.52. The van der Waals surface area contributed by atoms with E-state index in [1.165, 1.54) is 6.92 Å². The van der Waals surface area contributed by atoms with E-state index in [4.69, 9.17) is 0 Å². The second-order valence-electron chi connectivity index (χ2n) is 2.09. The van der Waals surface area contributed by atoms with Crippen LogP contribution in [0.5, 0.6) is 0 Å². The molecular formula is C4H10FNO2S. The second kappa shape index (κ2) is 3.12. The molecule has 0 aliphatic heterocycles. The van der Waals surface area contributed by atoms with Crippen LogP contribution >= 0.6 is 0 Å². The van der Waals surface area contributed by atoms with Gasteiger partial charge in [-0.05, 0) is 5.92 Å². The Labute approximate surface area is 54.1 Å². The highest BCUT2D eigenvalue weighted by Crippen LogP contribution is 1.97. The van der Waals surface area contributed by atoms with Crippen LogP contribution in [-0.2, 0) is 10.0 Å². The number of hydrogen-bond acceptors (Lipinski definition) is 2. The minimum Gasteiger partial charge on any atom is -0.251 e. The number of alkyl halides is 1. The molecule has 0 aromatic carbocycles. The maximum absolute atomic E-state index is 11.6. The van der Waals surface area contributed by atoms with Crippen molar-refractivity contribution in [3.05, 3.63) is 0 Å². The fraction of sp³-hybridized carbons (Fsp3) is 1.00. The van der Waals surface area contributed by atoms with Gasteiger partial charge in [-0.1, -0.05) is 6.92 Å². The van der Waals surface area contributed by atoms with Gasteiger partial charge in [0, 0.05) is 0 Å². The van der Waals surface area contributed by atoms with Gasteiger partial charge in [-0.2, -0.15) is 0 Å². The van der Waals surface area contributed by atoms with Crippen molar-refractivity contribution in [2.45, 2.75) is 6.92 Å². The summed E-state index contributed by atoms with van der Waals surface area (Å²) in [6.45, 7) is 0.848. The van der Waals surface area contributed by atoms with Crippen molar-refractivity contribution < 1.29 is 12.8 Å². The SMILES string of the molecule is CC(CF)CS(N)(=O)=O. The van der Waals surface area contributed by atoms with E-state index in [-0.39, 0.29) is 5.75 Å². The third-order valence-electron chi connectivity index (χ3n) is 0.780. The highest BCUT2D eigenvalue weighted by Gasteiger charge is 2.09. The number of sulfonamides is 1. The summed E-state index contributed by atoms with van der Waals surface area (Å²) in [4.78, 5) is 0. The topological polar surface area (TPSA) is 60.2 Å². The summed E-state index contributed by atoms with van der Waals surface area (Å²) in [5, 5.41) is 4.62. The van der Waals surface area contributed by atoms with Crippen molar-refractivity contribution in [1.82, 2.24) is 0 Å². The highest BCUT2D eigenvalue weighted by atomic mass is 32.2. The van der Waals surface area contributed by atoms with Gasteiger partial charge in [0.1, 0.15) is 0 Å². The molecule has 5 heteroatoms. The molecule has 0 aromatic rings. The molecule has 0 aromatic heterocycles. The first kappa shape index (κ1) is 8.84. The zero-order valence-electron chi connectivity index (χ0n) is 5.17. The molecule has 0 rings (SSSR count). The molecule has 0 saturated carbocycles. The van der Waals surface area contributed by atoms with Crippen molar-refractivity contribution >= 4 is 10.0 Å². The van der Waals surface area contributed by atoms with Gasteiger partial charge < -0.3 is 0 Å². The van der Waals surface area contributed by atoms with E-state index in [9.17, 15) is 12.8 Å². The lowest BCUT2D eigenvalue weighted by molar-refractivity contribution is 0.404. The van der Waals surface area contributed by atoms with Crippen LogP contribution in [0.3, 0.4) is 0 Å². The maximum atomic E-state index is 11.6. The second-order valence-corrected chi connectivity index (χ2v) is 3.75. The van der Waals surface area contributed by atoms with Crippen LogP contribution in [0.1, 0.15) is 6.92 Å². The molecule has 0 heterocycles. The number of halogens is 1. The summed E-state index contributed by atoms with van der Waals surface area (Å²) in [5.74, 6) is -0.760. The van der Waals surface area contributed by atoms with Gasteiger partial charge in [0.2, 0.25) is 10.0 Å². The number of rotatable bonds is 3. The van der Waals surface area contributed by atoms with Crippen molar-refractivity contribution in [3.63, 3.8) is 0 Å². The first-order valence-corrected chi connectivity index (χ1v) is 4.23. The smallest absolute Gasteiger partial charge is 0.209 e. The standard InChI is InChI=1S/C4H10FNO2S/c1-4(2-5)3-9(6,7)8/h4H,2-3H2,1H3,(H2,6,7,8). The molecule has 56 valence electrons. The fourth-order valence-corrected chi connectivity index (χ4v) is 1.32. The Bertz CT molecular complexity index is 165. The van der Waals surface area contributed by atoms with Crippen molar-refractivity contribution in [1.29, 1.82) is 0 Å². The van der Waals surface area contributed by atoms with E-state index in [0.29, 0.717) is 0 Å². The van der Waals surface area contributed by atoms with E-state index in [2.05, 4.69) is 5.14 Å². The first-order chi connectivity index (χ1) is 3.95. The minimum absolute atomic E-state index is 0.274. The summed E-state index contributed by atoms with van der Waals surface area (Å²) >= 11 is 0. The molecule has 3 nitrogen and oxygen atoms in total. The van der Waals surface area contributed by atoms with Crippen molar-refractivity contribution in [2.75, 3.05) is 12.4 Å². The Morgan fingerprint density at radius 1 is 1.67 bits per heavy atom. The molecule has 0 aliphatic rings. The van der Waals surface area contributed by atoms with E-state index < -0.39 is 22.6 Å². The molecule has 1 unspecified atom stereocenters. The monoisotopic (exact) mass is 155 g/mol. The average Bonchev–Trinajstić information content (AvgIpc) is 1.62. The molecule has 0 saturated heterocycles. The van der Waals surface area contributed by atoms with Crippen LogP contribution in [0.2, 0.25) is 0 Å². The summed E-state index contributed by atoms with van der Waals surface area (Å²) in [6, 6.07) is 0. The Hall–Kier alpha value is -0.160. The van der Waals surface area contributed by atoms with Gasteiger partial charge in [0.25, 0.3) is 0 Å². The molecule has 0 bridgehead atoms. The Kier molecular flexibility index (Phi) is 3.07. The van der Waals surface area contributed by atoms with Crippen molar-refractivity contribution in [3.8, 4) is 0 Å². The number of hydrogen-bond donors (Lipinski definition) is 1. The Morgan fingerprint density at radius 3 is 2.22 bits per heavy atom. The number of primary sulfonamides is 1. The quantitative estimate of drug-likeness (QED) is 0.617. The van der Waals surface area contributed by atoms with Crippen LogP contribution < -0.4 is 5.14 Å². The molecule has 0 spiro atoms. The lowest BCUT2D eigenvalue weighted by atomic mass is 10.3. The summed E-state index contributed by atoms with van der Waals surface area (Å²) in [6.07, 6.45) is 0. The summed E-state index contributed by atoms with van der Waals surface area (Å²) in [7, 11) is -3.48. The Balaban J connectivity index is 3.75. The summed E-state index contributed by atoms with van der Waals surface area (Å²) < 4.78 is 32.0. The third-order valence-corrected chi connectivity index (χ3v) is 1.81.